The lowest BCUT2D eigenvalue weighted by atomic mass is 9.95. The second kappa shape index (κ2) is 10.1. The molecule has 1 amide bonds. The minimum atomic E-state index is -1.06. The number of Topliss-reactive ketones (excluding diaryl/α,β-unsaturated/α-hetero) is 1. The highest BCUT2D eigenvalue weighted by Crippen LogP contribution is 2.41. The lowest BCUT2D eigenvalue weighted by molar-refractivity contribution is -0.140. The van der Waals surface area contributed by atoms with Crippen LogP contribution in [-0.4, -0.2) is 39.4 Å². The molecule has 0 saturated carbocycles. The van der Waals surface area contributed by atoms with Gasteiger partial charge in [-0.2, -0.15) is 0 Å². The fourth-order valence-electron chi connectivity index (χ4n) is 4.32. The molecule has 2 aromatic carbocycles. The predicted octanol–water partition coefficient (Wildman–Crippen LogP) is 5.12. The third-order valence-electron chi connectivity index (χ3n) is 6.11. The molecule has 3 aromatic rings. The van der Waals surface area contributed by atoms with Gasteiger partial charge >= 0.3 is 5.97 Å². The highest BCUT2D eigenvalue weighted by molar-refractivity contribution is 6.46. The summed E-state index contributed by atoms with van der Waals surface area (Å²) in [7, 11) is 0. The van der Waals surface area contributed by atoms with Crippen LogP contribution in [0.2, 0.25) is 0 Å². The van der Waals surface area contributed by atoms with E-state index in [1.807, 2.05) is 20.8 Å². The number of aliphatic hydroxyl groups excluding tert-OH is 1. The van der Waals surface area contributed by atoms with Crippen molar-refractivity contribution in [2.75, 3.05) is 6.61 Å². The summed E-state index contributed by atoms with van der Waals surface area (Å²) >= 11 is 0. The summed E-state index contributed by atoms with van der Waals surface area (Å²) in [5, 5.41) is 20.5. The molecule has 2 N–H and O–H groups in total. The molecular weight excluding hydrogens is 462 g/mol. The van der Waals surface area contributed by atoms with E-state index in [0.717, 1.165) is 5.56 Å². The van der Waals surface area contributed by atoms with Crippen molar-refractivity contribution < 1.29 is 33.8 Å². The summed E-state index contributed by atoms with van der Waals surface area (Å²) in [5.74, 6) is -1.86. The Labute approximate surface area is 208 Å². The number of carbonyl (C=O) groups is 3. The molecule has 1 aromatic heterocycles. The highest BCUT2D eigenvalue weighted by Gasteiger charge is 2.47. The Hall–Kier alpha value is -4.33. The van der Waals surface area contributed by atoms with E-state index in [1.165, 1.54) is 23.3 Å². The van der Waals surface area contributed by atoms with Crippen molar-refractivity contribution in [2.45, 2.75) is 39.3 Å². The van der Waals surface area contributed by atoms with Crippen LogP contribution >= 0.6 is 0 Å². The molecule has 0 radical (unpaired) electrons. The number of ether oxygens (including phenoxy) is 1. The largest absolute Gasteiger partial charge is 0.507 e. The molecule has 8 heteroatoms. The maximum absolute atomic E-state index is 13.2. The minimum absolute atomic E-state index is 0.0210. The number of nitrogens with zero attached hydrogens (tertiary/aromatic N) is 1. The van der Waals surface area contributed by atoms with Crippen LogP contribution in [0.3, 0.4) is 0 Å². The molecule has 1 aliphatic heterocycles. The summed E-state index contributed by atoms with van der Waals surface area (Å²) in [6, 6.07) is 13.5. The van der Waals surface area contributed by atoms with Crippen molar-refractivity contribution >= 4 is 23.4 Å². The topological polar surface area (TPSA) is 117 Å². The fourth-order valence-corrected chi connectivity index (χ4v) is 4.32. The fraction of sp³-hybridized carbons (Fsp3) is 0.250. The quantitative estimate of drug-likeness (QED) is 0.256. The number of rotatable bonds is 8. The number of carboxylic acids is 1. The molecule has 2 heterocycles. The first kappa shape index (κ1) is 24.8. The van der Waals surface area contributed by atoms with Gasteiger partial charge in [0, 0.05) is 12.1 Å². The number of aromatic carboxylic acids is 1. The summed E-state index contributed by atoms with van der Waals surface area (Å²) in [6.07, 6.45) is 1.44. The number of hydrogen-bond donors (Lipinski definition) is 2. The molecule has 1 fully saturated rings. The van der Waals surface area contributed by atoms with Crippen molar-refractivity contribution in [1.29, 1.82) is 0 Å². The van der Waals surface area contributed by atoms with Crippen molar-refractivity contribution in [1.82, 2.24) is 4.90 Å². The zero-order chi connectivity index (χ0) is 26.0. The van der Waals surface area contributed by atoms with Crippen LogP contribution in [0.15, 0.2) is 70.9 Å². The maximum Gasteiger partial charge on any atom is 0.335 e. The van der Waals surface area contributed by atoms with E-state index in [2.05, 4.69) is 0 Å². The second-order valence-electron chi connectivity index (χ2n) is 8.78. The van der Waals surface area contributed by atoms with Crippen molar-refractivity contribution in [3.63, 3.8) is 0 Å². The van der Waals surface area contributed by atoms with E-state index in [4.69, 9.17) is 14.3 Å². The van der Waals surface area contributed by atoms with Gasteiger partial charge in [0.05, 0.1) is 24.0 Å². The normalized spacial score (nSPS) is 17.1. The lowest BCUT2D eigenvalue weighted by Crippen LogP contribution is -2.29. The van der Waals surface area contributed by atoms with Crippen LogP contribution in [0.4, 0.5) is 0 Å². The Morgan fingerprint density at radius 1 is 1.06 bits per heavy atom. The first-order valence-electron chi connectivity index (χ1n) is 11.6. The molecule has 0 aliphatic carbocycles. The van der Waals surface area contributed by atoms with Gasteiger partial charge in [0.25, 0.3) is 11.7 Å². The van der Waals surface area contributed by atoms with Gasteiger partial charge in [-0.15, -0.1) is 0 Å². The third kappa shape index (κ3) is 4.62. The molecule has 36 heavy (non-hydrogen) atoms. The average molecular weight is 490 g/mol. The van der Waals surface area contributed by atoms with E-state index in [0.29, 0.717) is 29.2 Å². The number of furan rings is 1. The SMILES string of the molecule is CCOc1ccc(/C(O)=C2/C(=O)C(=O)N(Cc3ccc(C(=O)O)cc3)C2c2ccco2)cc1C(C)C. The van der Waals surface area contributed by atoms with E-state index in [1.54, 1.807) is 42.5 Å². The third-order valence-corrected chi connectivity index (χ3v) is 6.11. The Kier molecular flexibility index (Phi) is 6.96. The molecule has 1 unspecified atom stereocenters. The van der Waals surface area contributed by atoms with E-state index >= 15 is 0 Å². The van der Waals surface area contributed by atoms with Crippen LogP contribution < -0.4 is 4.74 Å². The molecule has 4 rings (SSSR count). The van der Waals surface area contributed by atoms with Gasteiger partial charge in [0.1, 0.15) is 23.3 Å². The standard InChI is InChI=1S/C28H27NO7/c1-4-35-21-12-11-19(14-20(21)16(2)3)25(30)23-24(22-6-5-13-36-22)29(27(32)26(23)31)15-17-7-9-18(10-8-17)28(33)34/h5-14,16,24,30H,4,15H2,1-3H3,(H,33,34)/b25-23-. The van der Waals surface area contributed by atoms with Gasteiger partial charge in [-0.3, -0.25) is 9.59 Å². The zero-order valence-corrected chi connectivity index (χ0v) is 20.2. The van der Waals surface area contributed by atoms with Gasteiger partial charge in [0.2, 0.25) is 0 Å². The van der Waals surface area contributed by atoms with Crippen LogP contribution in [0.1, 0.15) is 65.5 Å². The Bertz CT molecular complexity index is 1320. The summed E-state index contributed by atoms with van der Waals surface area (Å²) in [4.78, 5) is 38.8. The van der Waals surface area contributed by atoms with Gasteiger partial charge in [-0.05, 0) is 66.4 Å². The Morgan fingerprint density at radius 3 is 2.33 bits per heavy atom. The van der Waals surface area contributed by atoms with Crippen LogP contribution in [-0.2, 0) is 16.1 Å². The number of likely N-dealkylation sites (tertiary alicyclic amines) is 1. The van der Waals surface area contributed by atoms with Gasteiger partial charge in [-0.1, -0.05) is 26.0 Å². The van der Waals surface area contributed by atoms with E-state index < -0.39 is 23.7 Å². The first-order valence-corrected chi connectivity index (χ1v) is 11.6. The molecule has 186 valence electrons. The smallest absolute Gasteiger partial charge is 0.335 e. The minimum Gasteiger partial charge on any atom is -0.507 e. The lowest BCUT2D eigenvalue weighted by Gasteiger charge is -2.23. The van der Waals surface area contributed by atoms with E-state index in [9.17, 15) is 19.5 Å². The maximum atomic E-state index is 13.2. The number of ketones is 1. The van der Waals surface area contributed by atoms with Crippen LogP contribution in [0.5, 0.6) is 5.75 Å². The Morgan fingerprint density at radius 2 is 1.75 bits per heavy atom. The molecular formula is C28H27NO7. The van der Waals surface area contributed by atoms with Crippen molar-refractivity contribution in [3.05, 3.63) is 94.4 Å². The van der Waals surface area contributed by atoms with Gasteiger partial charge in [-0.25, -0.2) is 4.79 Å². The molecule has 8 nitrogen and oxygen atoms in total. The summed E-state index contributed by atoms with van der Waals surface area (Å²) in [6.45, 7) is 6.39. The van der Waals surface area contributed by atoms with Crippen LogP contribution in [0.25, 0.3) is 5.76 Å². The number of hydrogen-bond acceptors (Lipinski definition) is 6. The van der Waals surface area contributed by atoms with E-state index in [-0.39, 0.29) is 29.4 Å². The zero-order valence-electron chi connectivity index (χ0n) is 20.2. The Balaban J connectivity index is 1.79. The molecule has 0 bridgehead atoms. The predicted molar refractivity (Wildman–Crippen MR) is 132 cm³/mol. The molecule has 1 aliphatic rings. The van der Waals surface area contributed by atoms with Gasteiger partial charge in [0.15, 0.2) is 0 Å². The molecule has 1 atom stereocenters. The summed E-state index contributed by atoms with van der Waals surface area (Å²) < 4.78 is 11.3. The number of carbonyl (C=O) groups excluding carboxylic acids is 2. The number of carboxylic acid groups (broad SMARTS) is 1. The number of aliphatic hydroxyl groups is 1. The summed E-state index contributed by atoms with van der Waals surface area (Å²) in [5.41, 5.74) is 1.92. The monoisotopic (exact) mass is 489 g/mol. The second-order valence-corrected chi connectivity index (χ2v) is 8.78. The van der Waals surface area contributed by atoms with Crippen LogP contribution in [0, 0.1) is 0 Å². The average Bonchev–Trinajstić information content (AvgIpc) is 3.47. The molecule has 1 saturated heterocycles. The van der Waals surface area contributed by atoms with Crippen molar-refractivity contribution in [3.8, 4) is 5.75 Å². The number of benzene rings is 2. The highest BCUT2D eigenvalue weighted by atomic mass is 16.5. The number of amides is 1. The van der Waals surface area contributed by atoms with Gasteiger partial charge < -0.3 is 24.3 Å². The van der Waals surface area contributed by atoms with Crippen molar-refractivity contribution in [2.24, 2.45) is 0 Å². The first-order chi connectivity index (χ1) is 17.2. The molecule has 0 spiro atoms.